The van der Waals surface area contributed by atoms with E-state index in [1.54, 1.807) is 52.1 Å². The lowest BCUT2D eigenvalue weighted by molar-refractivity contribution is -0.158. The van der Waals surface area contributed by atoms with Crippen molar-refractivity contribution in [2.75, 3.05) is 26.9 Å². The average Bonchev–Trinajstić information content (AvgIpc) is 2.69. The van der Waals surface area contributed by atoms with E-state index in [1.807, 2.05) is 24.3 Å². The van der Waals surface area contributed by atoms with Crippen molar-refractivity contribution in [3.8, 4) is 23.0 Å². The minimum Gasteiger partial charge on any atom is -0.497 e. The minimum atomic E-state index is -1.04. The Morgan fingerprint density at radius 2 is 1.29 bits per heavy atom. The number of methoxy groups -OCH3 is 1. The summed E-state index contributed by atoms with van der Waals surface area (Å²) in [6.45, 7) is 6.53. The average molecular weight is 388 g/mol. The van der Waals surface area contributed by atoms with Crippen molar-refractivity contribution in [3.63, 3.8) is 0 Å². The van der Waals surface area contributed by atoms with E-state index in [2.05, 4.69) is 0 Å². The lowest BCUT2D eigenvalue weighted by Gasteiger charge is -2.24. The van der Waals surface area contributed by atoms with Gasteiger partial charge in [-0.25, -0.2) is 4.79 Å². The number of hydrogen-bond donors (Lipinski definition) is 0. The van der Waals surface area contributed by atoms with Crippen LogP contribution in [-0.2, 0) is 9.53 Å². The van der Waals surface area contributed by atoms with Gasteiger partial charge in [0.1, 0.15) is 23.0 Å². The van der Waals surface area contributed by atoms with Gasteiger partial charge in [-0.1, -0.05) is 0 Å². The smallest absolute Gasteiger partial charge is 0.349 e. The fourth-order valence-corrected chi connectivity index (χ4v) is 2.36. The predicted octanol–water partition coefficient (Wildman–Crippen LogP) is 4.26. The van der Waals surface area contributed by atoms with Crippen molar-refractivity contribution in [3.05, 3.63) is 48.5 Å². The molecule has 0 amide bonds. The van der Waals surface area contributed by atoms with Gasteiger partial charge in [0, 0.05) is 6.42 Å². The van der Waals surface area contributed by atoms with Crippen LogP contribution in [0.4, 0.5) is 0 Å². The second-order valence-electron chi connectivity index (χ2n) is 6.53. The molecule has 2 aromatic rings. The third-order valence-electron chi connectivity index (χ3n) is 3.85. The van der Waals surface area contributed by atoms with Crippen LogP contribution in [0, 0.1) is 0 Å². The highest BCUT2D eigenvalue weighted by molar-refractivity contribution is 5.79. The highest BCUT2D eigenvalue weighted by atomic mass is 16.6. The Labute approximate surface area is 166 Å². The van der Waals surface area contributed by atoms with Crippen molar-refractivity contribution in [1.82, 2.24) is 0 Å². The van der Waals surface area contributed by atoms with Crippen molar-refractivity contribution in [2.45, 2.75) is 32.8 Å². The first-order valence-electron chi connectivity index (χ1n) is 9.30. The molecular formula is C22H28O6. The molecule has 0 aliphatic heterocycles. The van der Waals surface area contributed by atoms with Gasteiger partial charge in [-0.3, -0.25) is 0 Å². The molecule has 6 nitrogen and oxygen atoms in total. The second-order valence-corrected chi connectivity index (χ2v) is 6.53. The maximum atomic E-state index is 11.9. The molecule has 0 N–H and O–H groups in total. The number of carbonyl (C=O) groups excluding carboxylic acids is 1. The second kappa shape index (κ2) is 10.4. The molecule has 28 heavy (non-hydrogen) atoms. The van der Waals surface area contributed by atoms with E-state index < -0.39 is 11.6 Å². The van der Waals surface area contributed by atoms with Gasteiger partial charge in [0.05, 0.1) is 26.9 Å². The molecule has 2 rings (SSSR count). The largest absolute Gasteiger partial charge is 0.497 e. The quantitative estimate of drug-likeness (QED) is 0.423. The molecule has 0 heterocycles. The normalized spacial score (nSPS) is 10.9. The zero-order valence-electron chi connectivity index (χ0n) is 16.9. The van der Waals surface area contributed by atoms with E-state index >= 15 is 0 Å². The third-order valence-corrected chi connectivity index (χ3v) is 3.85. The fourth-order valence-electron chi connectivity index (χ4n) is 2.36. The Hall–Kier alpha value is -2.89. The highest BCUT2D eigenvalue weighted by Crippen LogP contribution is 2.23. The summed E-state index contributed by atoms with van der Waals surface area (Å²) in [4.78, 5) is 11.9. The monoisotopic (exact) mass is 388 g/mol. The van der Waals surface area contributed by atoms with Crippen LogP contribution in [0.15, 0.2) is 48.5 Å². The standard InChI is InChI=1S/C22H28O6/c1-5-25-21(23)22(2,3)28-20-13-11-19(12-14-20)27-16-6-15-26-18-9-7-17(24-4)8-10-18/h7-14H,5-6,15-16H2,1-4H3. The van der Waals surface area contributed by atoms with Gasteiger partial charge in [0.25, 0.3) is 0 Å². The summed E-state index contributed by atoms with van der Waals surface area (Å²) >= 11 is 0. The molecular weight excluding hydrogens is 360 g/mol. The number of ether oxygens (including phenoxy) is 5. The SMILES string of the molecule is CCOC(=O)C(C)(C)Oc1ccc(OCCCOc2ccc(OC)cc2)cc1. The Kier molecular flexibility index (Phi) is 7.99. The van der Waals surface area contributed by atoms with E-state index in [-0.39, 0.29) is 0 Å². The Balaban J connectivity index is 1.71. The van der Waals surface area contributed by atoms with Gasteiger partial charge in [-0.05, 0) is 69.3 Å². The molecule has 152 valence electrons. The van der Waals surface area contributed by atoms with Crippen LogP contribution < -0.4 is 18.9 Å². The van der Waals surface area contributed by atoms with Crippen LogP contribution in [0.3, 0.4) is 0 Å². The van der Waals surface area contributed by atoms with E-state index in [4.69, 9.17) is 23.7 Å². The maximum absolute atomic E-state index is 11.9. The summed E-state index contributed by atoms with van der Waals surface area (Å²) in [7, 11) is 1.63. The summed E-state index contributed by atoms with van der Waals surface area (Å²) < 4.78 is 27.2. The lowest BCUT2D eigenvalue weighted by atomic mass is 10.1. The van der Waals surface area contributed by atoms with Crippen LogP contribution in [0.5, 0.6) is 23.0 Å². The molecule has 0 fully saturated rings. The Bertz CT molecular complexity index is 722. The summed E-state index contributed by atoms with van der Waals surface area (Å²) in [5.74, 6) is 2.51. The first-order chi connectivity index (χ1) is 13.4. The van der Waals surface area contributed by atoms with Gasteiger partial charge < -0.3 is 23.7 Å². The molecule has 0 unspecified atom stereocenters. The van der Waals surface area contributed by atoms with Crippen LogP contribution >= 0.6 is 0 Å². The van der Waals surface area contributed by atoms with Crippen molar-refractivity contribution in [1.29, 1.82) is 0 Å². The Morgan fingerprint density at radius 3 is 1.75 bits per heavy atom. The summed E-state index contributed by atoms with van der Waals surface area (Å²) in [5.41, 5.74) is -1.04. The van der Waals surface area contributed by atoms with E-state index in [9.17, 15) is 4.79 Å². The van der Waals surface area contributed by atoms with E-state index in [0.29, 0.717) is 25.6 Å². The van der Waals surface area contributed by atoms with E-state index in [1.165, 1.54) is 0 Å². The van der Waals surface area contributed by atoms with Crippen molar-refractivity contribution >= 4 is 5.97 Å². The third kappa shape index (κ3) is 6.68. The first-order valence-corrected chi connectivity index (χ1v) is 9.30. The van der Waals surface area contributed by atoms with Crippen molar-refractivity contribution < 1.29 is 28.5 Å². The number of hydrogen-bond acceptors (Lipinski definition) is 6. The van der Waals surface area contributed by atoms with Crippen molar-refractivity contribution in [2.24, 2.45) is 0 Å². The molecule has 0 aliphatic carbocycles. The van der Waals surface area contributed by atoms with E-state index in [0.717, 1.165) is 23.7 Å². The topological polar surface area (TPSA) is 63.2 Å². The van der Waals surface area contributed by atoms with Crippen LogP contribution in [0.1, 0.15) is 27.2 Å². The van der Waals surface area contributed by atoms with Gasteiger partial charge in [-0.15, -0.1) is 0 Å². The summed E-state index contributed by atoms with van der Waals surface area (Å²) in [5, 5.41) is 0. The molecule has 0 bridgehead atoms. The first kappa shape index (κ1) is 21.4. The molecule has 0 saturated carbocycles. The van der Waals surface area contributed by atoms with Gasteiger partial charge >= 0.3 is 5.97 Å². The van der Waals surface area contributed by atoms with Crippen LogP contribution in [0.2, 0.25) is 0 Å². The number of esters is 1. The lowest BCUT2D eigenvalue weighted by Crippen LogP contribution is -2.39. The molecule has 0 aromatic heterocycles. The predicted molar refractivity (Wildman–Crippen MR) is 106 cm³/mol. The molecule has 0 aliphatic rings. The van der Waals surface area contributed by atoms with Gasteiger partial charge in [0.2, 0.25) is 0 Å². The van der Waals surface area contributed by atoms with Crippen LogP contribution in [0.25, 0.3) is 0 Å². The van der Waals surface area contributed by atoms with Crippen LogP contribution in [-0.4, -0.2) is 38.5 Å². The number of carbonyl (C=O) groups is 1. The minimum absolute atomic E-state index is 0.320. The summed E-state index contributed by atoms with van der Waals surface area (Å²) in [6.07, 6.45) is 0.750. The Morgan fingerprint density at radius 1 is 0.821 bits per heavy atom. The van der Waals surface area contributed by atoms with Gasteiger partial charge in [-0.2, -0.15) is 0 Å². The molecule has 2 aromatic carbocycles. The maximum Gasteiger partial charge on any atom is 0.349 e. The fraction of sp³-hybridized carbons (Fsp3) is 0.409. The number of benzene rings is 2. The zero-order chi connectivity index (χ0) is 20.4. The number of rotatable bonds is 11. The molecule has 0 atom stereocenters. The summed E-state index contributed by atoms with van der Waals surface area (Å²) in [6, 6.07) is 14.6. The molecule has 0 spiro atoms. The molecule has 6 heteroatoms. The molecule has 0 radical (unpaired) electrons. The highest BCUT2D eigenvalue weighted by Gasteiger charge is 2.31. The zero-order valence-corrected chi connectivity index (χ0v) is 16.9. The van der Waals surface area contributed by atoms with Gasteiger partial charge in [0.15, 0.2) is 5.60 Å². The molecule has 0 saturated heterocycles.